The van der Waals surface area contributed by atoms with E-state index in [1.54, 1.807) is 0 Å². The molecule has 1 N–H and O–H groups in total. The molecule has 2 unspecified atom stereocenters. The second-order valence-corrected chi connectivity index (χ2v) is 6.88. The molecule has 2 aliphatic carbocycles. The highest BCUT2D eigenvalue weighted by molar-refractivity contribution is 14.1. The fraction of sp³-hybridized carbons (Fsp3) is 0.769. The molecule has 1 aliphatic heterocycles. The molecule has 3 aliphatic rings. The Hall–Kier alpha value is -0.140. The molecule has 0 amide bonds. The number of fused-ring (bicyclic) bond motifs is 1. The summed E-state index contributed by atoms with van der Waals surface area (Å²) in [7, 11) is 0. The molecule has 1 aromatic heterocycles. The number of rotatable bonds is 2. The van der Waals surface area contributed by atoms with Crippen molar-refractivity contribution in [1.82, 2.24) is 15.1 Å². The molecule has 2 heterocycles. The number of morpholine rings is 1. The molecule has 98 valence electrons. The van der Waals surface area contributed by atoms with Gasteiger partial charge in [0.25, 0.3) is 0 Å². The molecule has 0 spiro atoms. The predicted octanol–water partition coefficient (Wildman–Crippen LogP) is 1.84. The maximum absolute atomic E-state index is 5.43. The normalized spacial score (nSPS) is 39.8. The third-order valence-corrected chi connectivity index (χ3v) is 5.46. The number of H-pyrrole nitrogens is 1. The van der Waals surface area contributed by atoms with E-state index < -0.39 is 0 Å². The van der Waals surface area contributed by atoms with Gasteiger partial charge in [-0.25, -0.2) is 0 Å². The highest BCUT2D eigenvalue weighted by Gasteiger charge is 2.58. The largest absolute Gasteiger partial charge is 0.379 e. The van der Waals surface area contributed by atoms with Crippen LogP contribution in [0.25, 0.3) is 0 Å². The van der Waals surface area contributed by atoms with Crippen LogP contribution in [0.5, 0.6) is 0 Å². The first-order chi connectivity index (χ1) is 8.83. The van der Waals surface area contributed by atoms with Crippen LogP contribution in [0.15, 0.2) is 6.07 Å². The average Bonchev–Trinajstić information content (AvgIpc) is 2.80. The van der Waals surface area contributed by atoms with Gasteiger partial charge < -0.3 is 4.74 Å². The number of hydrogen-bond donors (Lipinski definition) is 1. The molecule has 0 radical (unpaired) electrons. The standard InChI is InChI=1S/C13H18IN3O/c14-12-7-11(15-16-12)13-9-5-8(6-10(9)13)17-1-3-18-4-2-17/h7-10,13H,1-6H2,(H,15,16). The van der Waals surface area contributed by atoms with Crippen molar-refractivity contribution in [2.75, 3.05) is 26.3 Å². The summed E-state index contributed by atoms with van der Waals surface area (Å²) in [4.78, 5) is 2.64. The van der Waals surface area contributed by atoms with E-state index in [4.69, 9.17) is 4.74 Å². The van der Waals surface area contributed by atoms with Crippen molar-refractivity contribution in [3.8, 4) is 0 Å². The van der Waals surface area contributed by atoms with Crippen molar-refractivity contribution in [2.24, 2.45) is 11.8 Å². The smallest absolute Gasteiger partial charge is 0.123 e. The summed E-state index contributed by atoms with van der Waals surface area (Å²) in [6.07, 6.45) is 2.76. The van der Waals surface area contributed by atoms with E-state index in [1.165, 1.54) is 18.5 Å². The Morgan fingerprint density at radius 2 is 2.00 bits per heavy atom. The second-order valence-electron chi connectivity index (χ2n) is 5.77. The summed E-state index contributed by atoms with van der Waals surface area (Å²) in [5.74, 6) is 2.60. The maximum atomic E-state index is 5.43. The molecular weight excluding hydrogens is 341 g/mol. The van der Waals surface area contributed by atoms with Crippen LogP contribution >= 0.6 is 22.6 Å². The fourth-order valence-corrected chi connectivity index (χ4v) is 4.45. The molecule has 3 fully saturated rings. The lowest BCUT2D eigenvalue weighted by molar-refractivity contribution is 0.0151. The van der Waals surface area contributed by atoms with Crippen LogP contribution in [0.1, 0.15) is 24.5 Å². The zero-order chi connectivity index (χ0) is 12.1. The highest BCUT2D eigenvalue weighted by Crippen LogP contribution is 2.63. The van der Waals surface area contributed by atoms with Gasteiger partial charge in [-0.1, -0.05) is 0 Å². The highest BCUT2D eigenvalue weighted by atomic mass is 127. The molecule has 1 saturated heterocycles. The summed E-state index contributed by atoms with van der Waals surface area (Å²) in [5.41, 5.74) is 1.37. The Kier molecular flexibility index (Phi) is 2.89. The van der Waals surface area contributed by atoms with Gasteiger partial charge >= 0.3 is 0 Å². The monoisotopic (exact) mass is 359 g/mol. The van der Waals surface area contributed by atoms with Crippen LogP contribution < -0.4 is 0 Å². The van der Waals surface area contributed by atoms with Gasteiger partial charge in [-0.05, 0) is 53.3 Å². The first-order valence-electron chi connectivity index (χ1n) is 6.85. The summed E-state index contributed by atoms with van der Waals surface area (Å²) in [6.45, 7) is 4.12. The Morgan fingerprint density at radius 1 is 1.28 bits per heavy atom. The summed E-state index contributed by atoms with van der Waals surface area (Å²) >= 11 is 2.28. The van der Waals surface area contributed by atoms with Crippen LogP contribution in [-0.4, -0.2) is 47.4 Å². The van der Waals surface area contributed by atoms with Crippen molar-refractivity contribution < 1.29 is 4.74 Å². The Labute approximate surface area is 121 Å². The molecule has 1 aromatic rings. The van der Waals surface area contributed by atoms with Crippen LogP contribution in [0.3, 0.4) is 0 Å². The molecule has 0 bridgehead atoms. The third-order valence-electron chi connectivity index (χ3n) is 4.91. The number of hydrogen-bond acceptors (Lipinski definition) is 3. The average molecular weight is 359 g/mol. The minimum atomic E-state index is 0.776. The van der Waals surface area contributed by atoms with E-state index in [9.17, 15) is 0 Å². The lowest BCUT2D eigenvalue weighted by Gasteiger charge is -2.33. The van der Waals surface area contributed by atoms with E-state index >= 15 is 0 Å². The van der Waals surface area contributed by atoms with Crippen molar-refractivity contribution in [1.29, 1.82) is 0 Å². The van der Waals surface area contributed by atoms with Gasteiger partial charge in [0.2, 0.25) is 0 Å². The van der Waals surface area contributed by atoms with Gasteiger partial charge in [0.05, 0.1) is 13.2 Å². The predicted molar refractivity (Wildman–Crippen MR) is 76.4 cm³/mol. The maximum Gasteiger partial charge on any atom is 0.123 e. The third kappa shape index (κ3) is 1.91. The van der Waals surface area contributed by atoms with Crippen LogP contribution in [0.4, 0.5) is 0 Å². The van der Waals surface area contributed by atoms with Crippen molar-refractivity contribution in [3.63, 3.8) is 0 Å². The van der Waals surface area contributed by atoms with Crippen LogP contribution in [-0.2, 0) is 4.74 Å². The van der Waals surface area contributed by atoms with Gasteiger partial charge in [0, 0.05) is 30.7 Å². The van der Waals surface area contributed by atoms with Gasteiger partial charge in [0.15, 0.2) is 0 Å². The van der Waals surface area contributed by atoms with Gasteiger partial charge in [-0.2, -0.15) is 5.10 Å². The summed E-state index contributed by atoms with van der Waals surface area (Å²) < 4.78 is 6.53. The molecule has 4 rings (SSSR count). The summed E-state index contributed by atoms with van der Waals surface area (Å²) in [5, 5.41) is 7.45. The summed E-state index contributed by atoms with van der Waals surface area (Å²) in [6, 6.07) is 3.04. The van der Waals surface area contributed by atoms with Crippen LogP contribution in [0, 0.1) is 15.5 Å². The fourth-order valence-electron chi connectivity index (χ4n) is 4.00. The van der Waals surface area contributed by atoms with E-state index in [2.05, 4.69) is 43.8 Å². The SMILES string of the molecule is Ic1cc(C2C3CC(N4CCOCC4)CC32)[nH]n1. The number of aromatic amines is 1. The van der Waals surface area contributed by atoms with Gasteiger partial charge in [-0.15, -0.1) is 0 Å². The number of nitrogens with one attached hydrogen (secondary N) is 1. The first kappa shape index (κ1) is 11.7. The van der Waals surface area contributed by atoms with Crippen molar-refractivity contribution in [2.45, 2.75) is 24.8 Å². The Morgan fingerprint density at radius 3 is 2.61 bits per heavy atom. The molecule has 18 heavy (non-hydrogen) atoms. The Bertz CT molecular complexity index is 431. The molecule has 4 nitrogen and oxygen atoms in total. The molecule has 5 heteroatoms. The van der Waals surface area contributed by atoms with Crippen molar-refractivity contribution >= 4 is 22.6 Å². The second kappa shape index (κ2) is 4.45. The quantitative estimate of drug-likeness (QED) is 0.820. The first-order valence-corrected chi connectivity index (χ1v) is 7.93. The van der Waals surface area contributed by atoms with E-state index in [-0.39, 0.29) is 0 Å². The molecular formula is C13H18IN3O. The zero-order valence-corrected chi connectivity index (χ0v) is 12.5. The molecule has 2 saturated carbocycles. The van der Waals surface area contributed by atoms with Crippen LogP contribution in [0.2, 0.25) is 0 Å². The minimum Gasteiger partial charge on any atom is -0.379 e. The lowest BCUT2D eigenvalue weighted by atomic mass is 10.0. The Balaban J connectivity index is 1.38. The van der Waals surface area contributed by atoms with Gasteiger partial charge in [0.1, 0.15) is 3.70 Å². The number of halogens is 1. The van der Waals surface area contributed by atoms with Crippen molar-refractivity contribution in [3.05, 3.63) is 15.5 Å². The number of nitrogens with zero attached hydrogens (tertiary/aromatic N) is 2. The molecule has 2 atom stereocenters. The minimum absolute atomic E-state index is 0.776. The number of ether oxygens (including phenoxy) is 1. The van der Waals surface area contributed by atoms with Gasteiger partial charge in [-0.3, -0.25) is 10.00 Å². The van der Waals surface area contributed by atoms with E-state index in [0.29, 0.717) is 0 Å². The topological polar surface area (TPSA) is 41.1 Å². The van der Waals surface area contributed by atoms with E-state index in [0.717, 1.165) is 53.8 Å². The van der Waals surface area contributed by atoms with E-state index in [1.807, 2.05) is 0 Å². The molecule has 0 aromatic carbocycles. The zero-order valence-electron chi connectivity index (χ0n) is 10.3. The lowest BCUT2D eigenvalue weighted by Crippen LogP contribution is -2.43. The number of aromatic nitrogens is 2.